The number of piperazine rings is 1. The third-order valence-corrected chi connectivity index (χ3v) is 7.34. The van der Waals surface area contributed by atoms with Gasteiger partial charge in [-0.15, -0.1) is 0 Å². The summed E-state index contributed by atoms with van der Waals surface area (Å²) >= 11 is 0. The van der Waals surface area contributed by atoms with Gasteiger partial charge >= 0.3 is 0 Å². The molecule has 1 saturated heterocycles. The number of carbonyl (C=O) groups is 2. The zero-order chi connectivity index (χ0) is 22.0. The molecule has 2 aliphatic heterocycles. The molecule has 1 aromatic carbocycles. The van der Waals surface area contributed by atoms with Crippen molar-refractivity contribution in [2.45, 2.75) is 52.0 Å². The van der Waals surface area contributed by atoms with Gasteiger partial charge in [-0.3, -0.25) is 14.5 Å². The van der Waals surface area contributed by atoms with Crippen LogP contribution in [-0.4, -0.2) is 60.4 Å². The van der Waals surface area contributed by atoms with E-state index in [-0.39, 0.29) is 35.6 Å². The van der Waals surface area contributed by atoms with Gasteiger partial charge in [0.1, 0.15) is 6.04 Å². The molecule has 0 radical (unpaired) electrons. The maximum Gasteiger partial charge on any atom is 0.230 e. The van der Waals surface area contributed by atoms with Crippen molar-refractivity contribution < 1.29 is 9.59 Å². The molecule has 4 rings (SSSR count). The Morgan fingerprint density at radius 2 is 1.61 bits per heavy atom. The van der Waals surface area contributed by atoms with Gasteiger partial charge in [-0.1, -0.05) is 44.9 Å². The number of carbonyl (C=O) groups excluding carboxylic acids is 2. The van der Waals surface area contributed by atoms with Crippen LogP contribution in [0.2, 0.25) is 0 Å². The van der Waals surface area contributed by atoms with Crippen LogP contribution in [0.4, 0.5) is 5.69 Å². The van der Waals surface area contributed by atoms with Crippen LogP contribution in [0.15, 0.2) is 24.3 Å². The van der Waals surface area contributed by atoms with Crippen molar-refractivity contribution in [1.82, 2.24) is 9.80 Å². The fourth-order valence-corrected chi connectivity index (χ4v) is 5.60. The summed E-state index contributed by atoms with van der Waals surface area (Å²) in [6, 6.07) is 10.4. The van der Waals surface area contributed by atoms with Gasteiger partial charge in [0.25, 0.3) is 0 Å². The van der Waals surface area contributed by atoms with Crippen LogP contribution in [0.5, 0.6) is 0 Å². The molecule has 2 amide bonds. The third kappa shape index (κ3) is 4.34. The van der Waals surface area contributed by atoms with E-state index in [1.54, 1.807) is 0 Å². The Balaban J connectivity index is 1.43. The number of hydrogen-bond donors (Lipinski definition) is 0. The quantitative estimate of drug-likeness (QED) is 0.748. The molecule has 1 aliphatic carbocycles. The molecular weight excluding hydrogens is 388 g/mol. The van der Waals surface area contributed by atoms with Crippen LogP contribution in [0.1, 0.15) is 45.1 Å². The number of rotatable bonds is 4. The van der Waals surface area contributed by atoms with Gasteiger partial charge in [-0.25, -0.2) is 0 Å². The number of hydrogen-bond acceptors (Lipinski definition) is 4. The van der Waals surface area contributed by atoms with Crippen LogP contribution in [0.3, 0.4) is 0 Å². The average molecular weight is 423 g/mol. The van der Waals surface area contributed by atoms with Gasteiger partial charge in [0.05, 0.1) is 12.0 Å². The summed E-state index contributed by atoms with van der Waals surface area (Å²) in [6.45, 7) is 7.61. The lowest BCUT2D eigenvalue weighted by Gasteiger charge is -2.41. The predicted octanol–water partition coefficient (Wildman–Crippen LogP) is 3.07. The monoisotopic (exact) mass is 422 g/mol. The topological polar surface area (TPSA) is 67.6 Å². The molecule has 31 heavy (non-hydrogen) atoms. The predicted molar refractivity (Wildman–Crippen MR) is 120 cm³/mol. The number of anilines is 1. The maximum atomic E-state index is 13.5. The van der Waals surface area contributed by atoms with Crippen molar-refractivity contribution in [1.29, 1.82) is 5.26 Å². The molecule has 166 valence electrons. The van der Waals surface area contributed by atoms with E-state index in [1.807, 2.05) is 28.0 Å². The highest BCUT2D eigenvalue weighted by Crippen LogP contribution is 2.36. The van der Waals surface area contributed by atoms with E-state index in [0.717, 1.165) is 57.4 Å². The summed E-state index contributed by atoms with van der Waals surface area (Å²) in [6.07, 6.45) is 4.53. The van der Waals surface area contributed by atoms with Gasteiger partial charge in [0.15, 0.2) is 0 Å². The second-order valence-electron chi connectivity index (χ2n) is 9.55. The number of fused-ring (bicyclic) bond motifs is 1. The SMILES string of the molecule is CC(C)C(C#N)N1CCN(C(=O)C2CCCCC2C(=O)N2CCc3ccccc32)CC1. The fourth-order valence-electron chi connectivity index (χ4n) is 5.60. The first-order valence-corrected chi connectivity index (χ1v) is 11.8. The van der Waals surface area contributed by atoms with Gasteiger partial charge in [0, 0.05) is 44.3 Å². The molecule has 1 aromatic rings. The van der Waals surface area contributed by atoms with E-state index < -0.39 is 0 Å². The number of benzene rings is 1. The van der Waals surface area contributed by atoms with Gasteiger partial charge in [-0.2, -0.15) is 5.26 Å². The molecule has 0 N–H and O–H groups in total. The van der Waals surface area contributed by atoms with E-state index in [4.69, 9.17) is 0 Å². The Labute approximate surface area is 185 Å². The lowest BCUT2D eigenvalue weighted by molar-refractivity contribution is -0.144. The summed E-state index contributed by atoms with van der Waals surface area (Å²) in [7, 11) is 0. The maximum absolute atomic E-state index is 13.5. The first-order chi connectivity index (χ1) is 15.0. The molecule has 0 bridgehead atoms. The Bertz CT molecular complexity index is 853. The van der Waals surface area contributed by atoms with E-state index in [9.17, 15) is 14.9 Å². The smallest absolute Gasteiger partial charge is 0.230 e. The lowest BCUT2D eigenvalue weighted by atomic mass is 9.77. The largest absolute Gasteiger partial charge is 0.340 e. The first kappa shape index (κ1) is 21.8. The van der Waals surface area contributed by atoms with Gasteiger partial charge in [0.2, 0.25) is 11.8 Å². The van der Waals surface area contributed by atoms with Crippen LogP contribution < -0.4 is 4.90 Å². The minimum absolute atomic E-state index is 0.100. The number of para-hydroxylation sites is 1. The molecule has 3 unspecified atom stereocenters. The van der Waals surface area contributed by atoms with E-state index in [1.165, 1.54) is 5.56 Å². The number of nitriles is 1. The van der Waals surface area contributed by atoms with E-state index >= 15 is 0 Å². The number of amides is 2. The highest BCUT2D eigenvalue weighted by atomic mass is 16.2. The van der Waals surface area contributed by atoms with Crippen LogP contribution in [0.25, 0.3) is 0 Å². The van der Waals surface area contributed by atoms with Crippen molar-refractivity contribution >= 4 is 17.5 Å². The average Bonchev–Trinajstić information content (AvgIpc) is 3.23. The van der Waals surface area contributed by atoms with Crippen molar-refractivity contribution in [3.05, 3.63) is 29.8 Å². The Morgan fingerprint density at radius 3 is 2.26 bits per heavy atom. The second-order valence-corrected chi connectivity index (χ2v) is 9.55. The third-order valence-electron chi connectivity index (χ3n) is 7.34. The van der Waals surface area contributed by atoms with Crippen molar-refractivity contribution in [3.8, 4) is 6.07 Å². The number of nitrogens with zero attached hydrogens (tertiary/aromatic N) is 4. The Morgan fingerprint density at radius 1 is 0.968 bits per heavy atom. The zero-order valence-corrected chi connectivity index (χ0v) is 18.8. The molecule has 2 fully saturated rings. The highest BCUT2D eigenvalue weighted by Gasteiger charge is 2.41. The second kappa shape index (κ2) is 9.40. The first-order valence-electron chi connectivity index (χ1n) is 11.8. The van der Waals surface area contributed by atoms with E-state index in [2.05, 4.69) is 30.9 Å². The Kier molecular flexibility index (Phi) is 6.62. The van der Waals surface area contributed by atoms with Crippen molar-refractivity contribution in [2.24, 2.45) is 17.8 Å². The molecule has 3 atom stereocenters. The van der Waals surface area contributed by atoms with Crippen LogP contribution >= 0.6 is 0 Å². The summed E-state index contributed by atoms with van der Waals surface area (Å²) in [5, 5.41) is 9.48. The highest BCUT2D eigenvalue weighted by molar-refractivity contribution is 5.99. The summed E-state index contributed by atoms with van der Waals surface area (Å²) < 4.78 is 0. The lowest BCUT2D eigenvalue weighted by Crippen LogP contribution is -2.55. The van der Waals surface area contributed by atoms with E-state index in [0.29, 0.717) is 13.1 Å². The molecule has 2 heterocycles. The van der Waals surface area contributed by atoms with Gasteiger partial charge < -0.3 is 9.80 Å². The van der Waals surface area contributed by atoms with Crippen molar-refractivity contribution in [3.63, 3.8) is 0 Å². The summed E-state index contributed by atoms with van der Waals surface area (Å²) in [5.41, 5.74) is 2.25. The fraction of sp³-hybridized carbons (Fsp3) is 0.640. The summed E-state index contributed by atoms with van der Waals surface area (Å²) in [5.74, 6) is 0.121. The molecule has 1 saturated carbocycles. The minimum atomic E-state index is -0.215. The molecule has 0 spiro atoms. The molecule has 3 aliphatic rings. The van der Waals surface area contributed by atoms with Crippen molar-refractivity contribution in [2.75, 3.05) is 37.6 Å². The van der Waals surface area contributed by atoms with Crippen LogP contribution in [0, 0.1) is 29.1 Å². The summed E-state index contributed by atoms with van der Waals surface area (Å²) in [4.78, 5) is 33.1. The normalized spacial score (nSPS) is 25.2. The molecule has 0 aromatic heterocycles. The standard InChI is InChI=1S/C25H34N4O2/c1-18(2)23(17-26)27-13-15-28(16-14-27)24(30)20-8-4-5-9-21(20)25(31)29-12-11-19-7-3-6-10-22(19)29/h3,6-7,10,18,20-21,23H,4-5,8-9,11-16H2,1-2H3. The minimum Gasteiger partial charge on any atom is -0.340 e. The molecule has 6 nitrogen and oxygen atoms in total. The zero-order valence-electron chi connectivity index (χ0n) is 18.8. The Hall–Kier alpha value is -2.39. The molecular formula is C25H34N4O2. The molecule has 6 heteroatoms. The van der Waals surface area contributed by atoms with Crippen LogP contribution in [-0.2, 0) is 16.0 Å². The van der Waals surface area contributed by atoms with Gasteiger partial charge in [-0.05, 0) is 36.8 Å².